The van der Waals surface area contributed by atoms with Crippen LogP contribution >= 0.6 is 0 Å². The lowest BCUT2D eigenvalue weighted by Crippen LogP contribution is -2.29. The summed E-state index contributed by atoms with van der Waals surface area (Å²) in [6.07, 6.45) is 3.96. The number of piperidine rings is 1. The zero-order valence-corrected chi connectivity index (χ0v) is 15.5. The number of likely N-dealkylation sites (tertiary alicyclic amines) is 1. The van der Waals surface area contributed by atoms with Crippen molar-refractivity contribution < 1.29 is 9.53 Å². The molecule has 0 saturated carbocycles. The highest BCUT2D eigenvalue weighted by atomic mass is 16.5. The molecule has 26 heavy (non-hydrogen) atoms. The first-order valence-electron chi connectivity index (χ1n) is 9.45. The van der Waals surface area contributed by atoms with E-state index in [2.05, 4.69) is 34.5 Å². The third-order valence-electron chi connectivity index (χ3n) is 4.73. The predicted octanol–water partition coefficient (Wildman–Crippen LogP) is 3.68. The first-order valence-corrected chi connectivity index (χ1v) is 9.45. The van der Waals surface area contributed by atoms with Crippen LogP contribution in [-0.4, -0.2) is 30.5 Å². The summed E-state index contributed by atoms with van der Waals surface area (Å²) >= 11 is 0. The van der Waals surface area contributed by atoms with Crippen LogP contribution in [0.5, 0.6) is 5.75 Å². The molecule has 0 atom stereocenters. The Morgan fingerprint density at radius 3 is 2.54 bits per heavy atom. The van der Waals surface area contributed by atoms with E-state index in [0.717, 1.165) is 12.1 Å². The largest absolute Gasteiger partial charge is 0.484 e. The summed E-state index contributed by atoms with van der Waals surface area (Å²) in [5.41, 5.74) is 3.61. The van der Waals surface area contributed by atoms with Gasteiger partial charge in [0.05, 0.1) is 0 Å². The molecule has 4 heteroatoms. The molecule has 1 N–H and O–H groups in total. The first-order chi connectivity index (χ1) is 12.7. The maximum absolute atomic E-state index is 12.0. The normalized spacial score (nSPS) is 14.8. The number of nitrogens with zero attached hydrogens (tertiary/aromatic N) is 1. The second-order valence-corrected chi connectivity index (χ2v) is 7.04. The van der Waals surface area contributed by atoms with Gasteiger partial charge in [-0.1, -0.05) is 48.4 Å². The lowest BCUT2D eigenvalue weighted by Gasteiger charge is -2.26. The van der Waals surface area contributed by atoms with Crippen molar-refractivity contribution >= 4 is 5.91 Å². The summed E-state index contributed by atoms with van der Waals surface area (Å²) in [5.74, 6) is 0.612. The summed E-state index contributed by atoms with van der Waals surface area (Å²) in [7, 11) is 0. The van der Waals surface area contributed by atoms with Gasteiger partial charge in [0.1, 0.15) is 5.75 Å². The maximum atomic E-state index is 12.0. The highest BCUT2D eigenvalue weighted by Gasteiger charge is 2.10. The SMILES string of the molecule is Cc1ccc(OCC(=O)NCc2cccc(CN3CCCCC3)c2)cc1. The van der Waals surface area contributed by atoms with Gasteiger partial charge < -0.3 is 10.1 Å². The van der Waals surface area contributed by atoms with Crippen LogP contribution in [0.1, 0.15) is 36.0 Å². The molecule has 1 heterocycles. The minimum absolute atomic E-state index is 0.0382. The van der Waals surface area contributed by atoms with Crippen LogP contribution < -0.4 is 10.1 Å². The molecule has 0 bridgehead atoms. The summed E-state index contributed by atoms with van der Waals surface area (Å²) in [6, 6.07) is 16.2. The summed E-state index contributed by atoms with van der Waals surface area (Å²) in [4.78, 5) is 14.5. The predicted molar refractivity (Wildman–Crippen MR) is 104 cm³/mol. The molecular formula is C22H28N2O2. The van der Waals surface area contributed by atoms with Crippen LogP contribution in [-0.2, 0) is 17.9 Å². The molecule has 0 spiro atoms. The minimum Gasteiger partial charge on any atom is -0.484 e. The number of ether oxygens (including phenoxy) is 1. The molecule has 138 valence electrons. The van der Waals surface area contributed by atoms with Crippen molar-refractivity contribution in [2.45, 2.75) is 39.3 Å². The first kappa shape index (κ1) is 18.5. The van der Waals surface area contributed by atoms with Gasteiger partial charge >= 0.3 is 0 Å². The molecule has 1 amide bonds. The third kappa shape index (κ3) is 5.88. The molecule has 1 saturated heterocycles. The van der Waals surface area contributed by atoms with Gasteiger partial charge in [-0.3, -0.25) is 9.69 Å². The van der Waals surface area contributed by atoms with E-state index in [1.54, 1.807) is 0 Å². The van der Waals surface area contributed by atoms with Gasteiger partial charge in [0.15, 0.2) is 6.61 Å². The Bertz CT molecular complexity index is 706. The van der Waals surface area contributed by atoms with Gasteiger partial charge in [-0.25, -0.2) is 0 Å². The Balaban J connectivity index is 1.44. The standard InChI is InChI=1S/C22H28N2O2/c1-18-8-10-21(11-9-18)26-17-22(25)23-15-19-6-5-7-20(14-19)16-24-12-3-2-4-13-24/h5-11,14H,2-4,12-13,15-17H2,1H3,(H,23,25). The van der Waals surface area contributed by atoms with Crippen LogP contribution in [0.2, 0.25) is 0 Å². The van der Waals surface area contributed by atoms with Gasteiger partial charge in [0, 0.05) is 13.1 Å². The number of hydrogen-bond donors (Lipinski definition) is 1. The Morgan fingerprint density at radius 1 is 1.04 bits per heavy atom. The third-order valence-corrected chi connectivity index (χ3v) is 4.73. The molecule has 1 fully saturated rings. The quantitative estimate of drug-likeness (QED) is 0.826. The second kappa shape index (κ2) is 9.39. The molecular weight excluding hydrogens is 324 g/mol. The smallest absolute Gasteiger partial charge is 0.258 e. The average Bonchev–Trinajstić information content (AvgIpc) is 2.67. The molecule has 4 nitrogen and oxygen atoms in total. The van der Waals surface area contributed by atoms with Crippen molar-refractivity contribution in [3.8, 4) is 5.75 Å². The van der Waals surface area contributed by atoms with Crippen molar-refractivity contribution in [1.29, 1.82) is 0 Å². The van der Waals surface area contributed by atoms with Crippen LogP contribution in [0.4, 0.5) is 0 Å². The number of amides is 1. The Morgan fingerprint density at radius 2 is 1.77 bits per heavy atom. The Labute approximate surface area is 156 Å². The zero-order chi connectivity index (χ0) is 18.2. The summed E-state index contributed by atoms with van der Waals surface area (Å²) < 4.78 is 5.52. The molecule has 0 aromatic heterocycles. The van der Waals surface area contributed by atoms with Crippen LogP contribution in [0.15, 0.2) is 48.5 Å². The van der Waals surface area contributed by atoms with E-state index in [0.29, 0.717) is 12.3 Å². The van der Waals surface area contributed by atoms with Gasteiger partial charge in [-0.05, 0) is 56.1 Å². The van der Waals surface area contributed by atoms with Crippen LogP contribution in [0, 0.1) is 6.92 Å². The fraction of sp³-hybridized carbons (Fsp3) is 0.409. The molecule has 1 aliphatic rings. The van der Waals surface area contributed by atoms with E-state index in [9.17, 15) is 4.79 Å². The van der Waals surface area contributed by atoms with E-state index in [-0.39, 0.29) is 12.5 Å². The highest BCUT2D eigenvalue weighted by Crippen LogP contribution is 2.14. The Kier molecular flexibility index (Phi) is 6.67. The van der Waals surface area contributed by atoms with E-state index in [4.69, 9.17) is 4.74 Å². The lowest BCUT2D eigenvalue weighted by atomic mass is 10.1. The maximum Gasteiger partial charge on any atom is 0.258 e. The molecule has 0 aliphatic carbocycles. The molecule has 1 aliphatic heterocycles. The molecule has 0 unspecified atom stereocenters. The van der Waals surface area contributed by atoms with Gasteiger partial charge in [0.2, 0.25) is 0 Å². The number of benzene rings is 2. The van der Waals surface area contributed by atoms with E-state index >= 15 is 0 Å². The van der Waals surface area contributed by atoms with Crippen molar-refractivity contribution in [3.63, 3.8) is 0 Å². The van der Waals surface area contributed by atoms with E-state index in [1.165, 1.54) is 43.5 Å². The average molecular weight is 352 g/mol. The molecule has 3 rings (SSSR count). The van der Waals surface area contributed by atoms with Gasteiger partial charge in [-0.15, -0.1) is 0 Å². The minimum atomic E-state index is -0.105. The Hall–Kier alpha value is -2.33. The molecule has 0 radical (unpaired) electrons. The number of aryl methyl sites for hydroxylation is 1. The van der Waals surface area contributed by atoms with Crippen molar-refractivity contribution in [3.05, 3.63) is 65.2 Å². The summed E-state index contributed by atoms with van der Waals surface area (Å²) in [6.45, 7) is 5.98. The van der Waals surface area contributed by atoms with E-state index in [1.807, 2.05) is 31.2 Å². The second-order valence-electron chi connectivity index (χ2n) is 7.04. The summed E-state index contributed by atoms with van der Waals surface area (Å²) in [5, 5.41) is 2.93. The highest BCUT2D eigenvalue weighted by molar-refractivity contribution is 5.77. The van der Waals surface area contributed by atoms with Crippen molar-refractivity contribution in [2.75, 3.05) is 19.7 Å². The number of hydrogen-bond acceptors (Lipinski definition) is 3. The number of rotatable bonds is 7. The van der Waals surface area contributed by atoms with Gasteiger partial charge in [0.25, 0.3) is 5.91 Å². The monoisotopic (exact) mass is 352 g/mol. The fourth-order valence-corrected chi connectivity index (χ4v) is 3.25. The van der Waals surface area contributed by atoms with Crippen molar-refractivity contribution in [1.82, 2.24) is 10.2 Å². The number of nitrogens with one attached hydrogen (secondary N) is 1. The zero-order valence-electron chi connectivity index (χ0n) is 15.5. The van der Waals surface area contributed by atoms with Gasteiger partial charge in [-0.2, -0.15) is 0 Å². The van der Waals surface area contributed by atoms with Crippen LogP contribution in [0.3, 0.4) is 0 Å². The lowest BCUT2D eigenvalue weighted by molar-refractivity contribution is -0.123. The molecule has 2 aromatic rings. The topological polar surface area (TPSA) is 41.6 Å². The van der Waals surface area contributed by atoms with Crippen molar-refractivity contribution in [2.24, 2.45) is 0 Å². The van der Waals surface area contributed by atoms with E-state index < -0.39 is 0 Å². The fourth-order valence-electron chi connectivity index (χ4n) is 3.25. The van der Waals surface area contributed by atoms with Crippen LogP contribution in [0.25, 0.3) is 0 Å². The number of carbonyl (C=O) groups is 1. The number of carbonyl (C=O) groups excluding carboxylic acids is 1. The molecule has 2 aromatic carbocycles.